The summed E-state index contributed by atoms with van der Waals surface area (Å²) in [6.45, 7) is 14.9. The number of hydrogen-bond donors (Lipinski definition) is 10. The minimum atomic E-state index is -0.925. The largest absolute Gasteiger partial charge is 0.465 e. The lowest BCUT2D eigenvalue weighted by molar-refractivity contribution is -0.0722. The van der Waals surface area contributed by atoms with Crippen molar-refractivity contribution >= 4 is 55.9 Å². The molecule has 12 aromatic rings. The van der Waals surface area contributed by atoms with Gasteiger partial charge in [0.05, 0.1) is 91.3 Å². The van der Waals surface area contributed by atoms with E-state index in [0.29, 0.717) is 55.9 Å². The van der Waals surface area contributed by atoms with E-state index in [1.165, 1.54) is 7.11 Å². The molecule has 0 amide bonds. The van der Waals surface area contributed by atoms with E-state index < -0.39 is 17.7 Å². The second-order valence-electron chi connectivity index (χ2n) is 27.1. The van der Waals surface area contributed by atoms with Crippen LogP contribution in [-0.4, -0.2) is 89.6 Å². The van der Waals surface area contributed by atoms with E-state index in [1.54, 1.807) is 19.1 Å². The second kappa shape index (κ2) is 27.0. The van der Waals surface area contributed by atoms with Gasteiger partial charge in [0.15, 0.2) is 5.78 Å². The second-order valence-corrected chi connectivity index (χ2v) is 27.1. The molecule has 1 unspecified atom stereocenters. The number of fused-ring (bicyclic) bond motifs is 4. The Morgan fingerprint density at radius 3 is 1.19 bits per heavy atom. The van der Waals surface area contributed by atoms with Crippen LogP contribution < -0.4 is 22.8 Å². The van der Waals surface area contributed by atoms with Crippen LogP contribution in [0.15, 0.2) is 85.8 Å². The number of carbonyl (C=O) groups excluding carboxylic acids is 2. The van der Waals surface area contributed by atoms with Crippen LogP contribution in [0, 0.1) is 79.1 Å². The Hall–Kier alpha value is -10.1. The van der Waals surface area contributed by atoms with Crippen molar-refractivity contribution in [2.45, 2.75) is 170 Å². The number of ether oxygens (including phenoxy) is 1. The molecule has 4 aliphatic carbocycles. The molecule has 16 rings (SSSR count). The number of nitrogens with one attached hydrogen (secondary N) is 8. The summed E-state index contributed by atoms with van der Waals surface area (Å²) in [6, 6.07) is 15.1. The van der Waals surface area contributed by atoms with Gasteiger partial charge in [0.1, 0.15) is 23.0 Å². The fourth-order valence-electron chi connectivity index (χ4n) is 16.2. The average molecular weight is 1340 g/mol. The number of H-pyrrole nitrogens is 8. The van der Waals surface area contributed by atoms with E-state index in [0.717, 1.165) is 198 Å². The van der Waals surface area contributed by atoms with E-state index in [9.17, 15) is 39.0 Å². The summed E-state index contributed by atoms with van der Waals surface area (Å²) in [6.07, 6.45) is 16.6. The Morgan fingerprint density at radius 1 is 0.449 bits per heavy atom. The molecule has 1 atom stereocenters. The van der Waals surface area contributed by atoms with E-state index in [2.05, 4.69) is 66.6 Å². The quantitative estimate of drug-likeness (QED) is 0.0401. The van der Waals surface area contributed by atoms with Crippen LogP contribution in [0.4, 0.5) is 0 Å². The maximum Gasteiger partial charge on any atom is 0.340 e. The highest BCUT2D eigenvalue weighted by Crippen LogP contribution is 2.53. The molecule has 98 heavy (non-hydrogen) atoms. The van der Waals surface area contributed by atoms with Crippen molar-refractivity contribution in [2.24, 2.45) is 23.7 Å². The summed E-state index contributed by atoms with van der Waals surface area (Å²) in [5, 5.41) is 39.3. The van der Waals surface area contributed by atoms with Gasteiger partial charge in [-0.3, -0.25) is 4.79 Å². The number of benzene rings is 4. The molecule has 25 nitrogen and oxygen atoms in total. The van der Waals surface area contributed by atoms with Gasteiger partial charge in [-0.25, -0.2) is 24.0 Å². The van der Waals surface area contributed by atoms with E-state index in [4.69, 9.17) is 22.8 Å². The number of ketones is 1. The van der Waals surface area contributed by atoms with Gasteiger partial charge in [0.2, 0.25) is 0 Å². The Bertz CT molecular complexity index is 5120. The fourth-order valence-corrected chi connectivity index (χ4v) is 16.2. The Kier molecular flexibility index (Phi) is 18.3. The molecule has 8 heterocycles. The van der Waals surface area contributed by atoms with Crippen molar-refractivity contribution in [1.29, 1.82) is 0 Å². The third kappa shape index (κ3) is 12.6. The van der Waals surface area contributed by atoms with Gasteiger partial charge in [0.25, 0.3) is 0 Å². The number of carbonyl (C=O) groups is 2. The number of hydrogen-bond acceptors (Lipinski definition) is 17. The van der Waals surface area contributed by atoms with Crippen LogP contribution in [0.25, 0.3) is 88.6 Å². The highest BCUT2D eigenvalue weighted by atomic mass is 16.5. The molecule has 25 heteroatoms. The summed E-state index contributed by atoms with van der Waals surface area (Å²) >= 11 is 0. The van der Waals surface area contributed by atoms with E-state index in [-0.39, 0.29) is 57.8 Å². The lowest BCUT2D eigenvalue weighted by Crippen LogP contribution is -2.41. The van der Waals surface area contributed by atoms with Gasteiger partial charge in [-0.05, 0) is 195 Å². The topological polar surface area (TPSA) is 383 Å². The molecule has 10 N–H and O–H groups in total. The summed E-state index contributed by atoms with van der Waals surface area (Å²) in [7, 11) is 1.29. The van der Waals surface area contributed by atoms with Crippen molar-refractivity contribution in [3.05, 3.63) is 159 Å². The van der Waals surface area contributed by atoms with Gasteiger partial charge in [0, 0.05) is 44.9 Å². The first-order valence-corrected chi connectivity index (χ1v) is 33.9. The number of aromatic nitrogens is 12. The maximum atomic E-state index is 13.0. The van der Waals surface area contributed by atoms with Crippen molar-refractivity contribution in [3.63, 3.8) is 0 Å². The number of Topliss-reactive ketones (excluding diaryl/α,β-unsaturated/α-hetero) is 1. The van der Waals surface area contributed by atoms with Crippen molar-refractivity contribution in [1.82, 2.24) is 60.5 Å². The van der Waals surface area contributed by atoms with Gasteiger partial charge in [-0.1, -0.05) is 72.0 Å². The number of aliphatic hydroxyl groups excluding tert-OH is 1. The molecule has 0 spiro atoms. The molecular weight excluding hydrogens is 1250 g/mol. The third-order valence-corrected chi connectivity index (χ3v) is 20.8. The maximum absolute atomic E-state index is 13.0. The fraction of sp³-hybridized carbons (Fsp3) is 0.425. The smallest absolute Gasteiger partial charge is 0.340 e. The predicted octanol–water partition coefficient (Wildman–Crippen LogP) is 13.5. The molecule has 4 saturated carbocycles. The van der Waals surface area contributed by atoms with Gasteiger partial charge in [-0.15, -0.1) is 0 Å². The van der Waals surface area contributed by atoms with Gasteiger partial charge >= 0.3 is 28.7 Å². The van der Waals surface area contributed by atoms with Crippen molar-refractivity contribution < 1.29 is 42.6 Å². The van der Waals surface area contributed by atoms with Crippen LogP contribution in [0.2, 0.25) is 0 Å². The first-order valence-electron chi connectivity index (χ1n) is 33.9. The highest BCUT2D eigenvalue weighted by molar-refractivity contribution is 6.09. The number of imidazole rings is 4. The lowest BCUT2D eigenvalue weighted by Gasteiger charge is -2.40. The zero-order chi connectivity index (χ0) is 69.0. The molecule has 0 radical (unpaired) electrons. The highest BCUT2D eigenvalue weighted by Gasteiger charge is 2.48. The Labute approximate surface area is 560 Å². The number of aliphatic hydroxyl groups is 2. The standard InChI is InChI=1S/C23H29N3O3.C18H21N3O3.C18H19N3O3.C14H13N3O4/c1-13-20(14(2)29-26-13)15-11-18(21-19(12-15)24-22(27)25-21)23(28,16-7-3-4-8-16)17-9-5-6-10-17;2*1-9-15(10(2)24-21-9)12-7-13(17(22)11-5-3-4-6-11)16-14(8-12)19-18(23)20-16;1-6-11(7(2)21-17-6)8-4-9(13(18)20-3)12-10(5-8)15-14(19)16-12/h11-12,16-17,28H,3-10H2,1-2H3,(H2,24,25,27);7-8,11,17,22H,3-6H2,1-2H3,(H2,19,20,23);7-8,11H,3-6H2,1-2H3,(H2,19,20,23);4-5H,1-3H3,(H2,15,16,19). The molecule has 0 saturated heterocycles. The average Bonchev–Trinajstić information content (AvgIpc) is 1.49. The van der Waals surface area contributed by atoms with E-state index in [1.807, 2.05) is 78.8 Å². The zero-order valence-electron chi connectivity index (χ0n) is 56.5. The zero-order valence-corrected chi connectivity index (χ0v) is 56.5. The van der Waals surface area contributed by atoms with E-state index >= 15 is 0 Å². The minimum absolute atomic E-state index is 0.0477. The number of nitrogens with zero attached hydrogens (tertiary/aromatic N) is 4. The van der Waals surface area contributed by atoms with Crippen LogP contribution in [-0.2, 0) is 10.3 Å². The number of rotatable bonds is 12. The summed E-state index contributed by atoms with van der Waals surface area (Å²) in [5.74, 6) is 3.15. The van der Waals surface area contributed by atoms with Gasteiger partial charge < -0.3 is 72.9 Å². The van der Waals surface area contributed by atoms with Crippen LogP contribution in [0.3, 0.4) is 0 Å². The Morgan fingerprint density at radius 2 is 0.786 bits per heavy atom. The molecular formula is C73H82N12O13. The Balaban J connectivity index is 0.000000118. The molecule has 4 fully saturated rings. The molecule has 4 aromatic carbocycles. The van der Waals surface area contributed by atoms with Crippen LogP contribution in [0.5, 0.6) is 0 Å². The molecule has 4 aliphatic rings. The molecule has 512 valence electrons. The van der Waals surface area contributed by atoms with Crippen LogP contribution >= 0.6 is 0 Å². The molecule has 8 aromatic heterocycles. The number of esters is 1. The van der Waals surface area contributed by atoms with Crippen molar-refractivity contribution in [3.8, 4) is 44.5 Å². The minimum Gasteiger partial charge on any atom is -0.465 e. The number of methoxy groups -OCH3 is 1. The summed E-state index contributed by atoms with van der Waals surface area (Å²) in [5.41, 5.74) is 15.4. The van der Waals surface area contributed by atoms with Crippen molar-refractivity contribution in [2.75, 3.05) is 7.11 Å². The summed E-state index contributed by atoms with van der Waals surface area (Å²) < 4.78 is 25.8. The first-order chi connectivity index (χ1) is 47.1. The SMILES string of the molecule is COC(=O)c1cc(-c2c(C)noc2C)cc2[nH]c(=O)[nH]c12.Cc1noc(C)c1-c1cc(C(=O)C2CCCC2)c2[nH]c(=O)[nH]c2c1.Cc1noc(C)c1-c1cc(C(O)(C2CCCC2)C2CCCC2)c2[nH]c(=O)[nH]c2c1.Cc1noc(C)c1-c1cc(C(O)C2CCCC2)c2[nH]c(=O)[nH]c2c1. The summed E-state index contributed by atoms with van der Waals surface area (Å²) in [4.78, 5) is 94.5. The van der Waals surface area contributed by atoms with Gasteiger partial charge in [-0.2, -0.15) is 0 Å². The monoisotopic (exact) mass is 1330 g/mol. The molecule has 0 aliphatic heterocycles. The first kappa shape index (κ1) is 66.5. The lowest BCUT2D eigenvalue weighted by atomic mass is 9.70. The number of aromatic amines is 8. The number of aryl methyl sites for hydroxylation is 8. The third-order valence-electron chi connectivity index (χ3n) is 20.8. The molecule has 0 bridgehead atoms. The predicted molar refractivity (Wildman–Crippen MR) is 368 cm³/mol. The normalized spacial score (nSPS) is 15.9. The van der Waals surface area contributed by atoms with Crippen LogP contribution in [0.1, 0.15) is 186 Å².